The molecule has 0 unspecified atom stereocenters. The van der Waals surface area contributed by atoms with E-state index in [9.17, 15) is 13.6 Å². The van der Waals surface area contributed by atoms with Crippen molar-refractivity contribution in [3.63, 3.8) is 0 Å². The fraction of sp³-hybridized carbons (Fsp3) is 0.462. The van der Waals surface area contributed by atoms with Crippen LogP contribution in [0.3, 0.4) is 0 Å². The minimum atomic E-state index is -2.57. The molecule has 9 nitrogen and oxygen atoms in total. The quantitative estimate of drug-likeness (QED) is 0.479. The second kappa shape index (κ2) is 9.70. The number of pyridine rings is 1. The molecule has 11 heteroatoms. The largest absolute Gasteiger partial charge is 0.381 e. The van der Waals surface area contributed by atoms with Crippen molar-refractivity contribution in [2.45, 2.75) is 56.5 Å². The first-order valence-corrected chi connectivity index (χ1v) is 12.8. The van der Waals surface area contributed by atoms with Gasteiger partial charge in [0.15, 0.2) is 0 Å². The second-order valence-electron chi connectivity index (χ2n) is 9.89. The molecular weight excluding hydrogens is 480 g/mol. The molecule has 2 aliphatic heterocycles. The number of fused-ring (bicyclic) bond motifs is 2. The van der Waals surface area contributed by atoms with Gasteiger partial charge in [0.25, 0.3) is 5.91 Å². The number of nitrogens with one attached hydrogen (secondary N) is 3. The molecule has 3 N–H and O–H groups in total. The number of carbonyl (C=O) groups excluding carboxylic acids is 1. The van der Waals surface area contributed by atoms with Gasteiger partial charge >= 0.3 is 0 Å². The van der Waals surface area contributed by atoms with Gasteiger partial charge < -0.3 is 20.7 Å². The van der Waals surface area contributed by atoms with Crippen LogP contribution in [-0.4, -0.2) is 63.3 Å². The first-order chi connectivity index (χ1) is 17.9. The van der Waals surface area contributed by atoms with Crippen molar-refractivity contribution < 1.29 is 18.3 Å². The van der Waals surface area contributed by atoms with E-state index in [0.717, 1.165) is 35.1 Å². The molecule has 3 aliphatic rings. The van der Waals surface area contributed by atoms with Crippen LogP contribution in [0.15, 0.2) is 36.8 Å². The van der Waals surface area contributed by atoms with Crippen LogP contribution < -0.4 is 16.0 Å². The number of hydrogen-bond acceptors (Lipinski definition) is 7. The molecule has 1 amide bonds. The van der Waals surface area contributed by atoms with Crippen molar-refractivity contribution in [1.82, 2.24) is 24.9 Å². The zero-order valence-electron chi connectivity index (χ0n) is 20.3. The minimum Gasteiger partial charge on any atom is -0.381 e. The topological polar surface area (TPSA) is 105 Å². The maximum Gasteiger partial charge on any atom is 0.255 e. The molecule has 0 radical (unpaired) electrons. The molecule has 6 rings (SSSR count). The lowest BCUT2D eigenvalue weighted by molar-refractivity contribution is -0.0361. The summed E-state index contributed by atoms with van der Waals surface area (Å²) in [5.41, 5.74) is 3.96. The first-order valence-electron chi connectivity index (χ1n) is 12.8. The third kappa shape index (κ3) is 5.00. The Hall–Kier alpha value is -3.60. The zero-order chi connectivity index (χ0) is 25.4. The highest BCUT2D eigenvalue weighted by Gasteiger charge is 2.35. The van der Waals surface area contributed by atoms with Gasteiger partial charge in [-0.1, -0.05) is 6.08 Å². The zero-order valence-corrected chi connectivity index (χ0v) is 20.3. The van der Waals surface area contributed by atoms with Gasteiger partial charge in [-0.3, -0.25) is 4.79 Å². The maximum atomic E-state index is 13.5. The first kappa shape index (κ1) is 23.8. The summed E-state index contributed by atoms with van der Waals surface area (Å²) >= 11 is 0. The van der Waals surface area contributed by atoms with E-state index < -0.39 is 5.92 Å². The van der Waals surface area contributed by atoms with E-state index >= 15 is 0 Å². The van der Waals surface area contributed by atoms with Crippen LogP contribution in [0.25, 0.3) is 11.1 Å². The van der Waals surface area contributed by atoms with Gasteiger partial charge in [0, 0.05) is 62.6 Å². The third-order valence-electron chi connectivity index (χ3n) is 7.34. The van der Waals surface area contributed by atoms with Crippen molar-refractivity contribution in [1.29, 1.82) is 0 Å². The number of rotatable bonds is 5. The summed E-state index contributed by atoms with van der Waals surface area (Å²) in [5.74, 6) is -1.60. The number of halogens is 2. The molecule has 2 fully saturated rings. The normalized spacial score (nSPS) is 20.1. The van der Waals surface area contributed by atoms with E-state index in [1.54, 1.807) is 16.9 Å². The monoisotopic (exact) mass is 509 g/mol. The molecule has 1 saturated carbocycles. The van der Waals surface area contributed by atoms with Crippen molar-refractivity contribution >= 4 is 28.8 Å². The number of amides is 1. The van der Waals surface area contributed by atoms with E-state index in [4.69, 9.17) is 4.74 Å². The van der Waals surface area contributed by atoms with Crippen LogP contribution in [0.5, 0.6) is 0 Å². The molecule has 0 bridgehead atoms. The van der Waals surface area contributed by atoms with Crippen molar-refractivity contribution in [2.75, 3.05) is 30.4 Å². The Bertz CT molecular complexity index is 1340. The van der Waals surface area contributed by atoms with Crippen LogP contribution in [0.4, 0.5) is 20.5 Å². The summed E-state index contributed by atoms with van der Waals surface area (Å²) in [5, 5.41) is 14.0. The number of carbonyl (C=O) groups is 1. The predicted molar refractivity (Wildman–Crippen MR) is 135 cm³/mol. The molecule has 0 spiro atoms. The highest BCUT2D eigenvalue weighted by Crippen LogP contribution is 2.35. The molecule has 0 atom stereocenters. The lowest BCUT2D eigenvalue weighted by Gasteiger charge is -2.29. The molecule has 3 aromatic heterocycles. The Morgan fingerprint density at radius 1 is 1.14 bits per heavy atom. The summed E-state index contributed by atoms with van der Waals surface area (Å²) in [6.45, 7) is 1.89. The van der Waals surface area contributed by atoms with Gasteiger partial charge in [-0.25, -0.2) is 18.3 Å². The highest BCUT2D eigenvalue weighted by atomic mass is 19.3. The number of anilines is 2. The van der Waals surface area contributed by atoms with Gasteiger partial charge in [0.1, 0.15) is 5.82 Å². The van der Waals surface area contributed by atoms with Gasteiger partial charge in [0.05, 0.1) is 17.3 Å². The SMILES string of the molecule is O=C(NC1CCOCC1)c1cnn2ccc(C3=CCNc4nc(NC5CCC(F)(F)CC5)ncc43)cc12. The highest BCUT2D eigenvalue weighted by molar-refractivity contribution is 6.01. The molecule has 1 saturated heterocycles. The minimum absolute atomic E-state index is 0.0637. The standard InChI is InChI=1S/C26H29F2N7O2/c27-26(28)7-1-17(2-8-26)33-25-30-14-20-19(3-9-29-23(20)34-25)16-4-10-35-22(13-16)21(15-31-35)24(36)32-18-5-11-37-12-6-18/h3-4,10,13-15,17-18H,1-2,5-9,11-12H2,(H,32,36)(H2,29,30,33,34). The van der Waals surface area contributed by atoms with E-state index in [0.29, 0.717) is 49.9 Å². The molecule has 0 aromatic carbocycles. The van der Waals surface area contributed by atoms with Gasteiger partial charge in [-0.15, -0.1) is 0 Å². The van der Waals surface area contributed by atoms with Crippen LogP contribution in [0, 0.1) is 0 Å². The van der Waals surface area contributed by atoms with E-state index in [-0.39, 0.29) is 30.8 Å². The van der Waals surface area contributed by atoms with Crippen LogP contribution in [0.1, 0.15) is 60.0 Å². The van der Waals surface area contributed by atoms with Gasteiger partial charge in [-0.2, -0.15) is 10.1 Å². The van der Waals surface area contributed by atoms with Crippen LogP contribution in [-0.2, 0) is 4.74 Å². The Labute approximate surface area is 212 Å². The fourth-order valence-corrected chi connectivity index (χ4v) is 5.21. The number of alkyl halides is 2. The van der Waals surface area contributed by atoms with E-state index in [1.165, 1.54) is 0 Å². The maximum absolute atomic E-state index is 13.5. The molecule has 37 heavy (non-hydrogen) atoms. The summed E-state index contributed by atoms with van der Waals surface area (Å²) in [6, 6.07) is 3.95. The molecule has 3 aromatic rings. The number of hydrogen-bond donors (Lipinski definition) is 3. The lowest BCUT2D eigenvalue weighted by Crippen LogP contribution is -2.38. The van der Waals surface area contributed by atoms with Crippen molar-refractivity contribution in [3.8, 4) is 0 Å². The average molecular weight is 510 g/mol. The summed E-state index contributed by atoms with van der Waals surface area (Å²) in [7, 11) is 0. The summed E-state index contributed by atoms with van der Waals surface area (Å²) in [4.78, 5) is 22.1. The van der Waals surface area contributed by atoms with E-state index in [2.05, 4.69) is 37.1 Å². The Balaban J connectivity index is 1.22. The second-order valence-corrected chi connectivity index (χ2v) is 9.89. The number of nitrogens with zero attached hydrogens (tertiary/aromatic N) is 4. The molecular formula is C26H29F2N7O2. The Morgan fingerprint density at radius 2 is 1.95 bits per heavy atom. The molecule has 5 heterocycles. The van der Waals surface area contributed by atoms with Crippen molar-refractivity contribution in [2.24, 2.45) is 0 Å². The molecule has 194 valence electrons. The van der Waals surface area contributed by atoms with Crippen molar-refractivity contribution in [3.05, 3.63) is 53.5 Å². The Kier molecular flexibility index (Phi) is 6.23. The van der Waals surface area contributed by atoms with E-state index in [1.807, 2.05) is 18.3 Å². The summed E-state index contributed by atoms with van der Waals surface area (Å²) in [6.07, 6.45) is 9.40. The molecule has 1 aliphatic carbocycles. The number of ether oxygens (including phenoxy) is 1. The smallest absolute Gasteiger partial charge is 0.255 e. The van der Waals surface area contributed by atoms with Gasteiger partial charge in [0.2, 0.25) is 11.9 Å². The summed E-state index contributed by atoms with van der Waals surface area (Å²) < 4.78 is 34.1. The van der Waals surface area contributed by atoms with Gasteiger partial charge in [-0.05, 0) is 49.0 Å². The average Bonchev–Trinajstić information content (AvgIpc) is 3.33. The number of aromatic nitrogens is 4. The third-order valence-corrected chi connectivity index (χ3v) is 7.34. The predicted octanol–water partition coefficient (Wildman–Crippen LogP) is 3.88. The van der Waals surface area contributed by atoms with Crippen LogP contribution >= 0.6 is 0 Å². The van der Waals surface area contributed by atoms with Crippen LogP contribution in [0.2, 0.25) is 0 Å². The fourth-order valence-electron chi connectivity index (χ4n) is 5.21. The Morgan fingerprint density at radius 3 is 2.76 bits per heavy atom. The lowest BCUT2D eigenvalue weighted by atomic mass is 9.92.